The summed E-state index contributed by atoms with van der Waals surface area (Å²) < 4.78 is 5.77. The van der Waals surface area contributed by atoms with Crippen LogP contribution >= 0.6 is 27.5 Å². The maximum Gasteiger partial charge on any atom is 0.337 e. The van der Waals surface area contributed by atoms with Crippen molar-refractivity contribution in [2.24, 2.45) is 0 Å². The first-order valence-corrected chi connectivity index (χ1v) is 13.2. The van der Waals surface area contributed by atoms with Crippen LogP contribution in [-0.2, 0) is 4.74 Å². The number of pyridine rings is 1. The van der Waals surface area contributed by atoms with E-state index in [0.29, 0.717) is 33.0 Å². The average Bonchev–Trinajstić information content (AvgIpc) is 3.43. The van der Waals surface area contributed by atoms with Gasteiger partial charge in [0.05, 0.1) is 23.8 Å². The lowest BCUT2D eigenvalue weighted by molar-refractivity contribution is 0.0600. The van der Waals surface area contributed by atoms with Gasteiger partial charge in [-0.2, -0.15) is 0 Å². The number of esters is 1. The summed E-state index contributed by atoms with van der Waals surface area (Å²) >= 11 is 10.1. The molecule has 8 heteroatoms. The van der Waals surface area contributed by atoms with Crippen LogP contribution in [0, 0.1) is 6.92 Å². The summed E-state index contributed by atoms with van der Waals surface area (Å²) in [6, 6.07) is 18.1. The molecule has 6 nitrogen and oxygen atoms in total. The first-order valence-electron chi connectivity index (χ1n) is 12.0. The Bertz CT molecular complexity index is 1530. The van der Waals surface area contributed by atoms with Gasteiger partial charge < -0.3 is 15.0 Å². The number of rotatable bonds is 5. The van der Waals surface area contributed by atoms with Crippen molar-refractivity contribution in [3.8, 4) is 11.1 Å². The molecule has 37 heavy (non-hydrogen) atoms. The molecule has 1 amide bonds. The number of amides is 1. The first-order chi connectivity index (χ1) is 17.9. The second kappa shape index (κ2) is 10.5. The van der Waals surface area contributed by atoms with Crippen LogP contribution in [0.15, 0.2) is 65.1 Å². The Balaban J connectivity index is 1.64. The van der Waals surface area contributed by atoms with Crippen LogP contribution in [-0.4, -0.2) is 37.1 Å². The van der Waals surface area contributed by atoms with Crippen molar-refractivity contribution in [3.05, 3.63) is 86.8 Å². The van der Waals surface area contributed by atoms with Crippen LogP contribution in [0.3, 0.4) is 0 Å². The molecule has 1 N–H and O–H groups in total. The molecule has 1 aromatic heterocycles. The second-order valence-electron chi connectivity index (χ2n) is 8.98. The second-order valence-corrected chi connectivity index (χ2v) is 10.3. The van der Waals surface area contributed by atoms with Crippen molar-refractivity contribution in [2.45, 2.75) is 19.8 Å². The highest BCUT2D eigenvalue weighted by Crippen LogP contribution is 2.36. The minimum atomic E-state index is -0.470. The molecule has 0 unspecified atom stereocenters. The van der Waals surface area contributed by atoms with Gasteiger partial charge in [0.25, 0.3) is 5.91 Å². The maximum atomic E-state index is 14.0. The zero-order valence-corrected chi connectivity index (χ0v) is 22.8. The molecule has 1 aliphatic heterocycles. The number of fused-ring (bicyclic) bond motifs is 1. The molecule has 1 saturated heterocycles. The van der Waals surface area contributed by atoms with E-state index in [0.717, 1.165) is 52.7 Å². The van der Waals surface area contributed by atoms with Crippen molar-refractivity contribution < 1.29 is 14.3 Å². The van der Waals surface area contributed by atoms with E-state index in [1.807, 2.05) is 43.3 Å². The number of methoxy groups -OCH3 is 1. The van der Waals surface area contributed by atoms with E-state index in [-0.39, 0.29) is 5.91 Å². The molecule has 0 spiro atoms. The SMILES string of the molecule is COC(=O)c1ccc(NC(=O)c2c(C)c(N3CCCC3)nc3ccc(Br)cc23)c(-c2ccccc2Cl)c1. The number of nitrogens with zero attached hydrogens (tertiary/aromatic N) is 2. The third-order valence-corrected chi connectivity index (χ3v) is 7.47. The van der Waals surface area contributed by atoms with Gasteiger partial charge >= 0.3 is 5.97 Å². The van der Waals surface area contributed by atoms with Gasteiger partial charge in [-0.25, -0.2) is 9.78 Å². The molecule has 5 rings (SSSR count). The molecule has 0 radical (unpaired) electrons. The van der Waals surface area contributed by atoms with Crippen LogP contribution in [0.2, 0.25) is 5.02 Å². The number of nitrogens with one attached hydrogen (secondary N) is 1. The van der Waals surface area contributed by atoms with Crippen molar-refractivity contribution in [3.63, 3.8) is 0 Å². The van der Waals surface area contributed by atoms with Gasteiger partial charge in [0, 0.05) is 50.3 Å². The molecule has 0 aliphatic carbocycles. The van der Waals surface area contributed by atoms with Crippen molar-refractivity contribution >= 4 is 61.8 Å². The standard InChI is InChI=1S/C29H25BrClN3O3/c1-17-26(22-16-19(30)10-12-25(22)32-27(17)34-13-5-6-14-34)28(35)33-24-11-9-18(29(36)37-2)15-21(24)20-7-3-4-8-23(20)31/h3-4,7-12,15-16H,5-6,13-14H2,1-2H3,(H,33,35). The van der Waals surface area contributed by atoms with Crippen LogP contribution in [0.4, 0.5) is 11.5 Å². The fraction of sp³-hybridized carbons (Fsp3) is 0.207. The Hall–Kier alpha value is -3.42. The van der Waals surface area contributed by atoms with Gasteiger partial charge in [-0.3, -0.25) is 4.79 Å². The number of benzene rings is 3. The molecule has 0 bridgehead atoms. The van der Waals surface area contributed by atoms with Crippen molar-refractivity contribution in [1.29, 1.82) is 0 Å². The largest absolute Gasteiger partial charge is 0.465 e. The molecule has 3 aromatic carbocycles. The normalized spacial score (nSPS) is 13.1. The third kappa shape index (κ3) is 4.93. The lowest BCUT2D eigenvalue weighted by Gasteiger charge is -2.22. The Morgan fingerprint density at radius 3 is 2.51 bits per heavy atom. The minimum Gasteiger partial charge on any atom is -0.465 e. The lowest BCUT2D eigenvalue weighted by Crippen LogP contribution is -2.23. The van der Waals surface area contributed by atoms with E-state index in [1.54, 1.807) is 24.3 Å². The predicted molar refractivity (Wildman–Crippen MR) is 152 cm³/mol. The highest BCUT2D eigenvalue weighted by molar-refractivity contribution is 9.10. The van der Waals surface area contributed by atoms with Crippen LogP contribution < -0.4 is 10.2 Å². The van der Waals surface area contributed by atoms with E-state index in [2.05, 4.69) is 26.1 Å². The van der Waals surface area contributed by atoms with Crippen LogP contribution in [0.25, 0.3) is 22.0 Å². The zero-order chi connectivity index (χ0) is 26.1. The maximum absolute atomic E-state index is 14.0. The minimum absolute atomic E-state index is 0.262. The monoisotopic (exact) mass is 577 g/mol. The van der Waals surface area contributed by atoms with Crippen LogP contribution in [0.1, 0.15) is 39.1 Å². The Labute approximate surface area is 228 Å². The molecule has 4 aromatic rings. The van der Waals surface area contributed by atoms with Gasteiger partial charge in [-0.1, -0.05) is 45.7 Å². The van der Waals surface area contributed by atoms with E-state index >= 15 is 0 Å². The molecule has 0 atom stereocenters. The smallest absolute Gasteiger partial charge is 0.337 e. The van der Waals surface area contributed by atoms with Gasteiger partial charge in [-0.05, 0) is 62.2 Å². The fourth-order valence-electron chi connectivity index (χ4n) is 4.83. The number of carbonyl (C=O) groups excluding carboxylic acids is 2. The highest BCUT2D eigenvalue weighted by Gasteiger charge is 2.24. The summed E-state index contributed by atoms with van der Waals surface area (Å²) in [6.07, 6.45) is 2.21. The predicted octanol–water partition coefficient (Wildman–Crippen LogP) is 7.27. The molecular formula is C29H25BrClN3O3. The fourth-order valence-corrected chi connectivity index (χ4v) is 5.43. The van der Waals surface area contributed by atoms with Crippen LogP contribution in [0.5, 0.6) is 0 Å². The van der Waals surface area contributed by atoms with E-state index < -0.39 is 5.97 Å². The Morgan fingerprint density at radius 1 is 1.03 bits per heavy atom. The molecule has 1 aliphatic rings. The van der Waals surface area contributed by atoms with Gasteiger partial charge in [-0.15, -0.1) is 0 Å². The van der Waals surface area contributed by atoms with Gasteiger partial charge in [0.15, 0.2) is 0 Å². The van der Waals surface area contributed by atoms with Gasteiger partial charge in [0.2, 0.25) is 0 Å². The molecule has 2 heterocycles. The lowest BCUT2D eigenvalue weighted by atomic mass is 9.99. The summed E-state index contributed by atoms with van der Waals surface area (Å²) in [5.41, 5.74) is 4.37. The summed E-state index contributed by atoms with van der Waals surface area (Å²) in [5, 5.41) is 4.36. The Kier molecular flexibility index (Phi) is 7.17. The summed E-state index contributed by atoms with van der Waals surface area (Å²) in [6.45, 7) is 3.79. The molecule has 188 valence electrons. The average molecular weight is 579 g/mol. The number of anilines is 2. The van der Waals surface area contributed by atoms with Crippen molar-refractivity contribution in [2.75, 3.05) is 30.4 Å². The number of ether oxygens (including phenoxy) is 1. The zero-order valence-electron chi connectivity index (χ0n) is 20.5. The quantitative estimate of drug-likeness (QED) is 0.252. The van der Waals surface area contributed by atoms with Gasteiger partial charge in [0.1, 0.15) is 5.82 Å². The topological polar surface area (TPSA) is 71.5 Å². The van der Waals surface area contributed by atoms with E-state index in [9.17, 15) is 9.59 Å². The summed E-state index contributed by atoms with van der Waals surface area (Å²) in [7, 11) is 1.33. The summed E-state index contributed by atoms with van der Waals surface area (Å²) in [5.74, 6) is 0.106. The first kappa shape index (κ1) is 25.2. The Morgan fingerprint density at radius 2 is 1.78 bits per heavy atom. The third-order valence-electron chi connectivity index (χ3n) is 6.65. The summed E-state index contributed by atoms with van der Waals surface area (Å²) in [4.78, 5) is 33.4. The molecular weight excluding hydrogens is 554 g/mol. The number of hydrogen-bond acceptors (Lipinski definition) is 5. The number of halogens is 2. The number of aromatic nitrogens is 1. The number of carbonyl (C=O) groups is 2. The molecule has 0 saturated carbocycles. The van der Waals surface area contributed by atoms with E-state index in [4.69, 9.17) is 21.3 Å². The molecule has 1 fully saturated rings. The van der Waals surface area contributed by atoms with Crippen molar-refractivity contribution in [1.82, 2.24) is 4.98 Å². The number of hydrogen-bond donors (Lipinski definition) is 1. The highest BCUT2D eigenvalue weighted by atomic mass is 79.9. The van der Waals surface area contributed by atoms with E-state index in [1.165, 1.54) is 7.11 Å².